The van der Waals surface area contributed by atoms with Gasteiger partial charge in [0.15, 0.2) is 0 Å². The lowest BCUT2D eigenvalue weighted by Crippen LogP contribution is -2.17. The summed E-state index contributed by atoms with van der Waals surface area (Å²) in [6, 6.07) is 5.44. The summed E-state index contributed by atoms with van der Waals surface area (Å²) in [5.41, 5.74) is 7.17. The molecule has 0 saturated heterocycles. The number of benzene rings is 1. The molecule has 0 aliphatic carbocycles. The number of rotatable bonds is 5. The van der Waals surface area contributed by atoms with Crippen LogP contribution in [-0.4, -0.2) is 31.3 Å². The second-order valence-corrected chi connectivity index (χ2v) is 5.21. The number of hydrogen-bond donors (Lipinski definition) is 1. The molecule has 0 amide bonds. The van der Waals surface area contributed by atoms with E-state index in [1.54, 1.807) is 13.0 Å². The van der Waals surface area contributed by atoms with E-state index in [-0.39, 0.29) is 18.4 Å². The molecule has 0 aliphatic heterocycles. The fourth-order valence-electron chi connectivity index (χ4n) is 1.96. The van der Waals surface area contributed by atoms with Crippen LogP contribution in [0.1, 0.15) is 11.3 Å². The van der Waals surface area contributed by atoms with E-state index in [0.29, 0.717) is 17.2 Å². The fourth-order valence-corrected chi connectivity index (χ4v) is 1.96. The summed E-state index contributed by atoms with van der Waals surface area (Å²) in [4.78, 5) is 7.94. The number of halogens is 3. The van der Waals surface area contributed by atoms with Crippen molar-refractivity contribution in [2.24, 2.45) is 0 Å². The predicted octanol–water partition coefficient (Wildman–Crippen LogP) is 2.43. The van der Waals surface area contributed by atoms with Gasteiger partial charge in [-0.15, -0.1) is 18.3 Å². The molecule has 26 heavy (non-hydrogen) atoms. The number of anilines is 1. The molecule has 2 N–H and O–H groups in total. The summed E-state index contributed by atoms with van der Waals surface area (Å²) in [5.74, 6) is -0.0491. The first-order valence-electron chi connectivity index (χ1n) is 7.29. The summed E-state index contributed by atoms with van der Waals surface area (Å²) in [7, 11) is 0. The fraction of sp³-hybridized carbons (Fsp3) is 0.200. The molecule has 11 heteroatoms. The molecule has 0 radical (unpaired) electrons. The Balaban J connectivity index is 1.69. The predicted molar refractivity (Wildman–Crippen MR) is 83.6 cm³/mol. The minimum Gasteiger partial charge on any atom is -0.457 e. The molecule has 0 fully saturated rings. The van der Waals surface area contributed by atoms with Gasteiger partial charge in [0.25, 0.3) is 0 Å². The number of alkyl halides is 3. The van der Waals surface area contributed by atoms with E-state index in [1.807, 2.05) is 0 Å². The van der Waals surface area contributed by atoms with E-state index in [2.05, 4.69) is 25.0 Å². The maximum atomic E-state index is 12.3. The van der Waals surface area contributed by atoms with Gasteiger partial charge in [-0.05, 0) is 19.1 Å². The van der Waals surface area contributed by atoms with Gasteiger partial charge in [-0.3, -0.25) is 0 Å². The van der Waals surface area contributed by atoms with Gasteiger partial charge in [0, 0.05) is 17.8 Å². The van der Waals surface area contributed by atoms with Crippen LogP contribution < -0.4 is 15.2 Å². The third kappa shape index (κ3) is 4.37. The Bertz CT molecular complexity index is 912. The van der Waals surface area contributed by atoms with Gasteiger partial charge in [0.2, 0.25) is 0 Å². The van der Waals surface area contributed by atoms with Crippen LogP contribution in [0.2, 0.25) is 0 Å². The van der Waals surface area contributed by atoms with E-state index in [4.69, 9.17) is 10.5 Å². The van der Waals surface area contributed by atoms with Crippen molar-refractivity contribution in [1.29, 1.82) is 0 Å². The van der Waals surface area contributed by atoms with Gasteiger partial charge in [-0.2, -0.15) is 4.98 Å². The van der Waals surface area contributed by atoms with Crippen LogP contribution in [0.25, 0.3) is 5.69 Å². The van der Waals surface area contributed by atoms with Crippen LogP contribution in [0.4, 0.5) is 19.0 Å². The van der Waals surface area contributed by atoms with Crippen molar-refractivity contribution in [3.63, 3.8) is 0 Å². The molecule has 0 aliphatic rings. The Kier molecular flexibility index (Phi) is 4.61. The number of ether oxygens (including phenoxy) is 2. The Morgan fingerprint density at radius 3 is 2.81 bits per heavy atom. The number of hydrogen-bond acceptors (Lipinski definition) is 7. The van der Waals surface area contributed by atoms with Gasteiger partial charge >= 0.3 is 12.4 Å². The van der Waals surface area contributed by atoms with Gasteiger partial charge in [0.1, 0.15) is 23.9 Å². The molecule has 0 unspecified atom stereocenters. The Labute approximate surface area is 145 Å². The Morgan fingerprint density at radius 2 is 2.08 bits per heavy atom. The molecule has 0 bridgehead atoms. The molecule has 1 aromatic carbocycles. The first kappa shape index (κ1) is 17.5. The summed E-state index contributed by atoms with van der Waals surface area (Å²) >= 11 is 0. The van der Waals surface area contributed by atoms with Gasteiger partial charge in [-0.1, -0.05) is 11.3 Å². The van der Waals surface area contributed by atoms with Crippen molar-refractivity contribution < 1.29 is 22.6 Å². The number of aromatic nitrogens is 5. The van der Waals surface area contributed by atoms with Gasteiger partial charge < -0.3 is 15.2 Å². The summed E-state index contributed by atoms with van der Waals surface area (Å²) in [5, 5.41) is 7.74. The summed E-state index contributed by atoms with van der Waals surface area (Å²) < 4.78 is 47.5. The third-order valence-electron chi connectivity index (χ3n) is 3.19. The summed E-state index contributed by atoms with van der Waals surface area (Å²) in [6.07, 6.45) is -1.74. The van der Waals surface area contributed by atoms with Crippen LogP contribution in [0.5, 0.6) is 11.8 Å². The zero-order valence-electron chi connectivity index (χ0n) is 13.4. The monoisotopic (exact) mass is 366 g/mol. The van der Waals surface area contributed by atoms with Crippen LogP contribution in [0.15, 0.2) is 36.7 Å². The van der Waals surface area contributed by atoms with Crippen molar-refractivity contribution in [3.8, 4) is 17.4 Å². The maximum Gasteiger partial charge on any atom is 0.573 e. The summed E-state index contributed by atoms with van der Waals surface area (Å²) in [6.45, 7) is 1.78. The van der Waals surface area contributed by atoms with Gasteiger partial charge in [-0.25, -0.2) is 9.67 Å². The minimum absolute atomic E-state index is 0.0151. The first-order chi connectivity index (χ1) is 12.3. The second kappa shape index (κ2) is 6.86. The lowest BCUT2D eigenvalue weighted by atomic mass is 10.3. The smallest absolute Gasteiger partial charge is 0.457 e. The van der Waals surface area contributed by atoms with Crippen LogP contribution in [0.3, 0.4) is 0 Å². The topological polar surface area (TPSA) is 101 Å². The standard InChI is InChI=1S/C15H13F3N6O2/c1-9-6-20-14(21-13(9)19)25-8-10-7-24(23-22-10)11-3-2-4-12(5-11)26-15(16,17)18/h2-7H,8H2,1H3,(H2,19,20,21). The second-order valence-electron chi connectivity index (χ2n) is 5.21. The molecule has 2 aromatic heterocycles. The Hall–Kier alpha value is -3.37. The van der Waals surface area contributed by atoms with Crippen molar-refractivity contribution in [1.82, 2.24) is 25.0 Å². The average Bonchev–Trinajstić information content (AvgIpc) is 3.04. The molecular formula is C15H13F3N6O2. The highest BCUT2D eigenvalue weighted by molar-refractivity contribution is 5.39. The molecule has 2 heterocycles. The molecule has 0 atom stereocenters. The lowest BCUT2D eigenvalue weighted by molar-refractivity contribution is -0.274. The van der Waals surface area contributed by atoms with Gasteiger partial charge in [0.05, 0.1) is 11.9 Å². The van der Waals surface area contributed by atoms with E-state index in [9.17, 15) is 13.2 Å². The van der Waals surface area contributed by atoms with E-state index >= 15 is 0 Å². The van der Waals surface area contributed by atoms with Crippen molar-refractivity contribution in [2.45, 2.75) is 19.9 Å². The lowest BCUT2D eigenvalue weighted by Gasteiger charge is -2.09. The molecule has 136 valence electrons. The number of nitrogen functional groups attached to an aromatic ring is 1. The Morgan fingerprint density at radius 1 is 1.27 bits per heavy atom. The highest BCUT2D eigenvalue weighted by Crippen LogP contribution is 2.24. The van der Waals surface area contributed by atoms with E-state index in [0.717, 1.165) is 5.56 Å². The highest BCUT2D eigenvalue weighted by atomic mass is 19.4. The first-order valence-corrected chi connectivity index (χ1v) is 7.29. The minimum atomic E-state index is -4.77. The number of aryl methyl sites for hydroxylation is 1. The molecule has 8 nitrogen and oxygen atoms in total. The van der Waals surface area contributed by atoms with Crippen LogP contribution in [-0.2, 0) is 6.61 Å². The zero-order chi connectivity index (χ0) is 18.7. The van der Waals surface area contributed by atoms with Crippen LogP contribution in [0, 0.1) is 6.92 Å². The van der Waals surface area contributed by atoms with E-state index in [1.165, 1.54) is 35.3 Å². The van der Waals surface area contributed by atoms with Crippen molar-refractivity contribution in [2.75, 3.05) is 5.73 Å². The quantitative estimate of drug-likeness (QED) is 0.740. The highest BCUT2D eigenvalue weighted by Gasteiger charge is 2.31. The number of nitrogens with two attached hydrogens (primary N) is 1. The van der Waals surface area contributed by atoms with E-state index < -0.39 is 6.36 Å². The van der Waals surface area contributed by atoms with Crippen molar-refractivity contribution >= 4 is 5.82 Å². The zero-order valence-corrected chi connectivity index (χ0v) is 13.4. The normalized spacial score (nSPS) is 11.4. The van der Waals surface area contributed by atoms with Crippen LogP contribution >= 0.6 is 0 Å². The largest absolute Gasteiger partial charge is 0.573 e. The molecule has 0 spiro atoms. The number of nitrogens with zero attached hydrogens (tertiary/aromatic N) is 5. The molecular weight excluding hydrogens is 353 g/mol. The SMILES string of the molecule is Cc1cnc(OCc2cn(-c3cccc(OC(F)(F)F)c3)nn2)nc1N. The third-order valence-corrected chi connectivity index (χ3v) is 3.19. The van der Waals surface area contributed by atoms with Crippen molar-refractivity contribution in [3.05, 3.63) is 47.9 Å². The maximum absolute atomic E-state index is 12.3. The average molecular weight is 366 g/mol. The molecule has 3 rings (SSSR count). The molecule has 3 aromatic rings. The molecule has 0 saturated carbocycles.